The van der Waals surface area contributed by atoms with Gasteiger partial charge in [0.25, 0.3) is 0 Å². The van der Waals surface area contributed by atoms with Gasteiger partial charge in [-0.2, -0.15) is 0 Å². The molecule has 2 aliphatic rings. The lowest BCUT2D eigenvalue weighted by Crippen LogP contribution is -2.47. The number of rotatable bonds is 7. The number of fused-ring (bicyclic) bond motifs is 1. The number of morpholine rings is 1. The van der Waals surface area contributed by atoms with Crippen LogP contribution in [0.4, 0.5) is 0 Å². The van der Waals surface area contributed by atoms with E-state index in [1.54, 1.807) is 14.2 Å². The third kappa shape index (κ3) is 6.36. The third-order valence-corrected chi connectivity index (χ3v) is 5.50. The van der Waals surface area contributed by atoms with Crippen molar-refractivity contribution in [3.8, 4) is 11.5 Å². The van der Waals surface area contributed by atoms with Gasteiger partial charge in [0, 0.05) is 44.4 Å². The van der Waals surface area contributed by atoms with Crippen molar-refractivity contribution in [2.75, 3.05) is 54.1 Å². The van der Waals surface area contributed by atoms with Crippen LogP contribution in [0.25, 0.3) is 0 Å². The Kier molecular flexibility index (Phi) is 9.78. The van der Waals surface area contributed by atoms with E-state index < -0.39 is 0 Å². The maximum absolute atomic E-state index is 6.05. The molecule has 7 nitrogen and oxygen atoms in total. The minimum atomic E-state index is 0. The zero-order valence-electron chi connectivity index (χ0n) is 18.0. The molecule has 2 saturated heterocycles. The highest BCUT2D eigenvalue weighted by Gasteiger charge is 2.32. The summed E-state index contributed by atoms with van der Waals surface area (Å²) in [4.78, 5) is 9.53. The zero-order valence-corrected chi connectivity index (χ0v) is 20.3. The Morgan fingerprint density at radius 2 is 2.17 bits per heavy atom. The summed E-state index contributed by atoms with van der Waals surface area (Å²) in [6.07, 6.45) is 2.73. The second kappa shape index (κ2) is 11.8. The first kappa shape index (κ1) is 24.0. The highest BCUT2D eigenvalue weighted by molar-refractivity contribution is 14.0. The molecule has 0 spiro atoms. The molecule has 29 heavy (non-hydrogen) atoms. The van der Waals surface area contributed by atoms with Crippen molar-refractivity contribution in [1.82, 2.24) is 15.1 Å². The minimum absolute atomic E-state index is 0. The fourth-order valence-electron chi connectivity index (χ4n) is 3.97. The van der Waals surface area contributed by atoms with E-state index in [0.29, 0.717) is 19.1 Å². The third-order valence-electron chi connectivity index (χ3n) is 5.50. The van der Waals surface area contributed by atoms with Crippen LogP contribution in [0.1, 0.15) is 25.3 Å². The van der Waals surface area contributed by atoms with Gasteiger partial charge in [0.05, 0.1) is 33.5 Å². The maximum Gasteiger partial charge on any atom is 0.194 e. The molecule has 1 aromatic carbocycles. The monoisotopic (exact) mass is 518 g/mol. The molecule has 2 aliphatic heterocycles. The van der Waals surface area contributed by atoms with Crippen LogP contribution in [-0.4, -0.2) is 82.0 Å². The van der Waals surface area contributed by atoms with E-state index in [9.17, 15) is 0 Å². The molecule has 0 saturated carbocycles. The van der Waals surface area contributed by atoms with Crippen molar-refractivity contribution in [3.05, 3.63) is 23.8 Å². The van der Waals surface area contributed by atoms with Crippen LogP contribution in [0.2, 0.25) is 0 Å². The molecular weight excluding hydrogens is 483 g/mol. The van der Waals surface area contributed by atoms with Crippen LogP contribution >= 0.6 is 24.0 Å². The molecule has 2 heterocycles. The first-order valence-electron chi connectivity index (χ1n) is 10.2. The van der Waals surface area contributed by atoms with E-state index in [1.807, 2.05) is 25.2 Å². The summed E-state index contributed by atoms with van der Waals surface area (Å²) in [5.41, 5.74) is 1.09. The fourth-order valence-corrected chi connectivity index (χ4v) is 3.97. The van der Waals surface area contributed by atoms with E-state index in [4.69, 9.17) is 19.2 Å². The quantitative estimate of drug-likeness (QED) is 0.340. The molecule has 1 N–H and O–H groups in total. The number of halogens is 1. The molecule has 2 fully saturated rings. The van der Waals surface area contributed by atoms with Crippen LogP contribution in [0.3, 0.4) is 0 Å². The normalized spacial score (nSPS) is 21.9. The first-order valence-corrected chi connectivity index (χ1v) is 10.2. The van der Waals surface area contributed by atoms with Crippen LogP contribution < -0.4 is 14.8 Å². The molecule has 0 aliphatic carbocycles. The molecule has 0 radical (unpaired) electrons. The van der Waals surface area contributed by atoms with Gasteiger partial charge in [0.2, 0.25) is 0 Å². The van der Waals surface area contributed by atoms with Gasteiger partial charge in [-0.15, -0.1) is 24.0 Å². The second-order valence-corrected chi connectivity index (χ2v) is 7.47. The van der Waals surface area contributed by atoms with Gasteiger partial charge in [0.15, 0.2) is 5.96 Å². The maximum atomic E-state index is 6.05. The molecule has 0 bridgehead atoms. The fraction of sp³-hybridized carbons (Fsp3) is 0.667. The Labute approximate surface area is 191 Å². The van der Waals surface area contributed by atoms with E-state index in [0.717, 1.165) is 42.7 Å². The van der Waals surface area contributed by atoms with Crippen molar-refractivity contribution in [2.24, 2.45) is 4.99 Å². The van der Waals surface area contributed by atoms with E-state index >= 15 is 0 Å². The van der Waals surface area contributed by atoms with E-state index in [2.05, 4.69) is 22.0 Å². The summed E-state index contributed by atoms with van der Waals surface area (Å²) in [6, 6.07) is 6.53. The number of nitrogens with zero attached hydrogens (tertiary/aromatic N) is 3. The first-order chi connectivity index (χ1) is 13.6. The number of methoxy groups -OCH3 is 2. The predicted octanol–water partition coefficient (Wildman–Crippen LogP) is 2.58. The number of aliphatic imine (C=N–C) groups is 1. The van der Waals surface area contributed by atoms with Crippen LogP contribution in [-0.2, 0) is 11.3 Å². The lowest BCUT2D eigenvalue weighted by molar-refractivity contribution is -0.0432. The Hall–Kier alpha value is -1.26. The summed E-state index contributed by atoms with van der Waals surface area (Å²) in [5, 5.41) is 3.39. The summed E-state index contributed by atoms with van der Waals surface area (Å²) >= 11 is 0. The molecule has 0 amide bonds. The molecule has 0 aromatic heterocycles. The van der Waals surface area contributed by atoms with Crippen molar-refractivity contribution < 1.29 is 14.2 Å². The molecule has 2 atom stereocenters. The zero-order chi connectivity index (χ0) is 19.9. The molecule has 2 unspecified atom stereocenters. The van der Waals surface area contributed by atoms with Gasteiger partial charge < -0.3 is 24.4 Å². The Bertz CT molecular complexity index is 673. The highest BCUT2D eigenvalue weighted by atomic mass is 127. The van der Waals surface area contributed by atoms with Gasteiger partial charge in [0.1, 0.15) is 11.5 Å². The predicted molar refractivity (Wildman–Crippen MR) is 127 cm³/mol. The number of nitrogens with one attached hydrogen (secondary N) is 1. The number of guanidine groups is 1. The molecule has 3 rings (SSSR count). The van der Waals surface area contributed by atoms with Gasteiger partial charge in [-0.3, -0.25) is 9.89 Å². The summed E-state index contributed by atoms with van der Waals surface area (Å²) in [5.74, 6) is 2.49. The largest absolute Gasteiger partial charge is 0.497 e. The number of benzene rings is 1. The lowest BCUT2D eigenvalue weighted by Gasteiger charge is -2.34. The molecule has 164 valence electrons. The number of hydrogen-bond donors (Lipinski definition) is 1. The Morgan fingerprint density at radius 1 is 1.34 bits per heavy atom. The average molecular weight is 518 g/mol. The van der Waals surface area contributed by atoms with Crippen LogP contribution in [0.15, 0.2) is 23.2 Å². The standard InChI is InChI=1S/C21H34N4O3.HI/c1-5-22-21(23-12-19-14-25-10-6-7-17(25)15-28-19)24(2)13-16-8-9-18(26-3)11-20(16)27-4;/h8-9,11,17,19H,5-7,10,12-15H2,1-4H3,(H,22,23);1H. The van der Waals surface area contributed by atoms with Crippen LogP contribution in [0.5, 0.6) is 11.5 Å². The van der Waals surface area contributed by atoms with Crippen molar-refractivity contribution >= 4 is 29.9 Å². The Balaban J connectivity index is 0.00000300. The average Bonchev–Trinajstić information content (AvgIpc) is 3.19. The smallest absolute Gasteiger partial charge is 0.194 e. The van der Waals surface area contributed by atoms with Gasteiger partial charge in [-0.05, 0) is 38.4 Å². The van der Waals surface area contributed by atoms with E-state index in [1.165, 1.54) is 19.4 Å². The molecular formula is C21H35IN4O3. The topological polar surface area (TPSA) is 58.6 Å². The van der Waals surface area contributed by atoms with E-state index in [-0.39, 0.29) is 30.1 Å². The van der Waals surface area contributed by atoms with Gasteiger partial charge >= 0.3 is 0 Å². The van der Waals surface area contributed by atoms with Crippen LogP contribution in [0, 0.1) is 0 Å². The molecule has 8 heteroatoms. The summed E-state index contributed by atoms with van der Waals surface area (Å²) in [7, 11) is 5.39. The minimum Gasteiger partial charge on any atom is -0.497 e. The summed E-state index contributed by atoms with van der Waals surface area (Å²) < 4.78 is 16.9. The van der Waals surface area contributed by atoms with Gasteiger partial charge in [-0.25, -0.2) is 0 Å². The van der Waals surface area contributed by atoms with Crippen molar-refractivity contribution in [2.45, 2.75) is 38.5 Å². The SMILES string of the molecule is CCNC(=NCC1CN2CCCC2CO1)N(C)Cc1ccc(OC)cc1OC.I. The van der Waals surface area contributed by atoms with Gasteiger partial charge in [-0.1, -0.05) is 0 Å². The Morgan fingerprint density at radius 3 is 2.90 bits per heavy atom. The number of ether oxygens (including phenoxy) is 3. The lowest BCUT2D eigenvalue weighted by atomic mass is 10.2. The second-order valence-electron chi connectivity index (χ2n) is 7.47. The molecule has 1 aromatic rings. The number of hydrogen-bond acceptors (Lipinski definition) is 5. The highest BCUT2D eigenvalue weighted by Crippen LogP contribution is 2.26. The summed E-state index contributed by atoms with van der Waals surface area (Å²) in [6.45, 7) is 7.31. The van der Waals surface area contributed by atoms with Crippen molar-refractivity contribution in [3.63, 3.8) is 0 Å². The van der Waals surface area contributed by atoms with Crippen molar-refractivity contribution in [1.29, 1.82) is 0 Å².